The van der Waals surface area contributed by atoms with Gasteiger partial charge in [0.05, 0.1) is 23.6 Å². The van der Waals surface area contributed by atoms with E-state index in [2.05, 4.69) is 45.0 Å². The second kappa shape index (κ2) is 6.60. The Morgan fingerprint density at radius 3 is 2.73 bits per heavy atom. The minimum Gasteiger partial charge on any atom is -0.379 e. The topological polar surface area (TPSA) is 69.1 Å². The first kappa shape index (κ1) is 17.9. The fourth-order valence-electron chi connectivity index (χ4n) is 4.33. The highest BCUT2D eigenvalue weighted by Crippen LogP contribution is 2.54. The van der Waals surface area contributed by atoms with E-state index in [-0.39, 0.29) is 20.8 Å². The Kier molecular flexibility index (Phi) is 4.55. The van der Waals surface area contributed by atoms with Gasteiger partial charge in [-0.3, -0.25) is 9.98 Å². The van der Waals surface area contributed by atoms with Crippen LogP contribution in [0, 0.1) is 0 Å². The molecule has 1 aliphatic heterocycles. The Hall–Kier alpha value is -1.47. The second-order valence-corrected chi connectivity index (χ2v) is 10.6. The van der Waals surface area contributed by atoms with E-state index in [9.17, 15) is 0 Å². The lowest BCUT2D eigenvalue weighted by atomic mass is 9.77. The van der Waals surface area contributed by atoms with E-state index in [0.717, 1.165) is 27.3 Å². The molecule has 2 atom stereocenters. The molecule has 2 unspecified atom stereocenters. The third kappa shape index (κ3) is 3.05. The number of amidine groups is 1. The van der Waals surface area contributed by atoms with Crippen molar-refractivity contribution in [1.82, 2.24) is 14.8 Å². The average molecular weight is 434 g/mol. The van der Waals surface area contributed by atoms with Gasteiger partial charge in [-0.05, 0) is 48.2 Å². The van der Waals surface area contributed by atoms with Gasteiger partial charge in [-0.1, -0.05) is 25.1 Å². The van der Waals surface area contributed by atoms with Crippen molar-refractivity contribution in [1.29, 1.82) is 0 Å². The number of hydrogen-bond donors (Lipinski definition) is 1. The predicted molar refractivity (Wildman–Crippen MR) is 113 cm³/mol. The molecule has 2 aromatic rings. The molecule has 5 nitrogen and oxygen atoms in total. The maximum Gasteiger partial charge on any atom is 0.149 e. The molecule has 4 rings (SSSR count). The molecule has 138 valence electrons. The summed E-state index contributed by atoms with van der Waals surface area (Å²) >= 11 is 3.47. The number of pyridine rings is 1. The molecule has 1 spiro atoms. The molecule has 0 bridgehead atoms. The molecular formula is C19H24BrN5S. The molecule has 2 aliphatic rings. The quantitative estimate of drug-likeness (QED) is 0.714. The van der Waals surface area contributed by atoms with Gasteiger partial charge in [0.25, 0.3) is 0 Å². The molecule has 1 aliphatic carbocycles. The lowest BCUT2D eigenvalue weighted by Gasteiger charge is -2.47. The lowest BCUT2D eigenvalue weighted by molar-refractivity contribution is 0.302. The van der Waals surface area contributed by atoms with Gasteiger partial charge in [0.15, 0.2) is 0 Å². The zero-order chi connectivity index (χ0) is 18.4. The smallest absolute Gasteiger partial charge is 0.149 e. The van der Waals surface area contributed by atoms with Crippen LogP contribution in [0.25, 0.3) is 5.69 Å². The summed E-state index contributed by atoms with van der Waals surface area (Å²) in [5.74, 6) is 4.41. The molecule has 3 heterocycles. The predicted octanol–water partition coefficient (Wildman–Crippen LogP) is 4.37. The average Bonchev–Trinajstić information content (AvgIpc) is 3.12. The Balaban J connectivity index is 1.71. The van der Waals surface area contributed by atoms with Crippen molar-refractivity contribution in [3.8, 4) is 5.69 Å². The lowest BCUT2D eigenvalue weighted by Crippen LogP contribution is -2.44. The fourth-order valence-corrected chi connectivity index (χ4v) is 6.67. The Bertz CT molecular complexity index is 884. The molecule has 0 saturated heterocycles. The highest BCUT2D eigenvalue weighted by molar-refractivity contribution is 9.10. The number of hydrogen-bond acceptors (Lipinski definition) is 4. The van der Waals surface area contributed by atoms with Gasteiger partial charge >= 0.3 is 0 Å². The van der Waals surface area contributed by atoms with E-state index in [0.29, 0.717) is 0 Å². The van der Waals surface area contributed by atoms with Crippen LogP contribution in [0.2, 0.25) is 0 Å². The van der Waals surface area contributed by atoms with Crippen LogP contribution in [0.3, 0.4) is 0 Å². The van der Waals surface area contributed by atoms with Crippen LogP contribution in [0.5, 0.6) is 0 Å². The molecule has 0 amide bonds. The van der Waals surface area contributed by atoms with Crippen molar-refractivity contribution >= 4 is 37.5 Å². The maximum atomic E-state index is 6.39. The van der Waals surface area contributed by atoms with Gasteiger partial charge in [-0.15, -0.1) is 10.5 Å². The van der Waals surface area contributed by atoms with E-state index in [4.69, 9.17) is 10.7 Å². The molecular weight excluding hydrogens is 410 g/mol. The summed E-state index contributed by atoms with van der Waals surface area (Å²) in [6.07, 6.45) is 14.8. The molecule has 0 aromatic carbocycles. The van der Waals surface area contributed by atoms with Crippen molar-refractivity contribution in [3.05, 3.63) is 40.9 Å². The Morgan fingerprint density at radius 2 is 2.00 bits per heavy atom. The number of nitrogens with zero attached hydrogens (tertiary/aromatic N) is 4. The SMILES string of the molecule is C=S1C(N)=NC(C)(c2cnn(-c3cncc(Br)c3)c2)CC12CCCCC2. The van der Waals surface area contributed by atoms with Gasteiger partial charge in [0.2, 0.25) is 0 Å². The zero-order valence-electron chi connectivity index (χ0n) is 15.0. The molecule has 2 aromatic heterocycles. The first-order chi connectivity index (χ1) is 12.4. The zero-order valence-corrected chi connectivity index (χ0v) is 17.4. The summed E-state index contributed by atoms with van der Waals surface area (Å²) in [5.41, 5.74) is 8.07. The summed E-state index contributed by atoms with van der Waals surface area (Å²) in [4.78, 5) is 9.13. The minimum atomic E-state index is -0.347. The normalized spacial score (nSPS) is 28.1. The van der Waals surface area contributed by atoms with Crippen LogP contribution in [0.4, 0.5) is 0 Å². The van der Waals surface area contributed by atoms with Crippen LogP contribution >= 0.6 is 26.4 Å². The summed E-state index contributed by atoms with van der Waals surface area (Å²) in [7, 11) is -0.198. The standard InChI is InChI=1S/C19H24BrN5S/c1-18(13-19(6-4-3-5-7-19)26(2)17(21)24-18)14-9-23-25(12-14)16-8-15(20)10-22-11-16/h8-12H,2-7,13H2,1H3,(H2,21,24). The monoisotopic (exact) mass is 433 g/mol. The highest BCUT2D eigenvalue weighted by Gasteiger charge is 2.46. The minimum absolute atomic E-state index is 0.193. The fraction of sp³-hybridized carbons (Fsp3) is 0.474. The van der Waals surface area contributed by atoms with E-state index < -0.39 is 0 Å². The van der Waals surface area contributed by atoms with Gasteiger partial charge in [0, 0.05) is 27.2 Å². The number of rotatable bonds is 2. The molecule has 7 heteroatoms. The van der Waals surface area contributed by atoms with Crippen LogP contribution in [0.15, 0.2) is 40.3 Å². The van der Waals surface area contributed by atoms with E-state index >= 15 is 0 Å². The molecule has 1 saturated carbocycles. The molecule has 1 fully saturated rings. The van der Waals surface area contributed by atoms with Crippen molar-refractivity contribution in [2.24, 2.45) is 10.7 Å². The third-order valence-electron chi connectivity index (χ3n) is 5.72. The molecule has 0 radical (unpaired) electrons. The van der Waals surface area contributed by atoms with Crippen LogP contribution in [-0.4, -0.2) is 30.5 Å². The Morgan fingerprint density at radius 1 is 1.23 bits per heavy atom. The number of aromatic nitrogens is 3. The third-order valence-corrected chi connectivity index (χ3v) is 8.35. The van der Waals surface area contributed by atoms with E-state index in [1.165, 1.54) is 32.1 Å². The van der Waals surface area contributed by atoms with Gasteiger partial charge < -0.3 is 5.73 Å². The van der Waals surface area contributed by atoms with Crippen molar-refractivity contribution in [2.75, 3.05) is 0 Å². The van der Waals surface area contributed by atoms with E-state index in [1.54, 1.807) is 12.4 Å². The van der Waals surface area contributed by atoms with Gasteiger partial charge in [-0.25, -0.2) is 4.68 Å². The number of aliphatic imine (C=N–C) groups is 1. The summed E-state index contributed by atoms with van der Waals surface area (Å²) < 4.78 is 2.98. The molecule has 26 heavy (non-hydrogen) atoms. The molecule has 2 N–H and O–H groups in total. The first-order valence-electron chi connectivity index (χ1n) is 8.97. The maximum absolute atomic E-state index is 6.39. The largest absolute Gasteiger partial charge is 0.379 e. The van der Waals surface area contributed by atoms with Crippen LogP contribution in [-0.2, 0) is 5.54 Å². The second-order valence-electron chi connectivity index (χ2n) is 7.57. The number of halogens is 1. The van der Waals surface area contributed by atoms with E-state index in [1.807, 2.05) is 16.9 Å². The summed E-state index contributed by atoms with van der Waals surface area (Å²) in [6, 6.07) is 2.00. The number of nitrogens with two attached hydrogens (primary N) is 1. The van der Waals surface area contributed by atoms with Crippen molar-refractivity contribution in [2.45, 2.75) is 55.7 Å². The summed E-state index contributed by atoms with van der Waals surface area (Å²) in [6.45, 7) is 2.19. The first-order valence-corrected chi connectivity index (χ1v) is 11.2. The summed E-state index contributed by atoms with van der Waals surface area (Å²) in [5, 5.41) is 5.28. The van der Waals surface area contributed by atoms with Crippen LogP contribution in [0.1, 0.15) is 51.0 Å². The van der Waals surface area contributed by atoms with Crippen molar-refractivity contribution in [3.63, 3.8) is 0 Å². The highest BCUT2D eigenvalue weighted by atomic mass is 79.9. The van der Waals surface area contributed by atoms with Gasteiger partial charge in [-0.2, -0.15) is 5.10 Å². The van der Waals surface area contributed by atoms with Gasteiger partial charge in [0.1, 0.15) is 5.17 Å². The van der Waals surface area contributed by atoms with Crippen LogP contribution < -0.4 is 5.73 Å². The van der Waals surface area contributed by atoms with Crippen molar-refractivity contribution < 1.29 is 0 Å². The Labute approximate surface area is 165 Å².